The van der Waals surface area contributed by atoms with E-state index in [-0.39, 0.29) is 27.6 Å². The number of carboxylic acids is 1. The smallest absolute Gasteiger partial charge is 0.306 e. The maximum atomic E-state index is 12.0. The van der Waals surface area contributed by atoms with Gasteiger partial charge in [0, 0.05) is 11.6 Å². The predicted molar refractivity (Wildman–Crippen MR) is 75.2 cm³/mol. The van der Waals surface area contributed by atoms with Gasteiger partial charge in [-0.15, -0.1) is 0 Å². The number of aromatic hydroxyl groups is 1. The van der Waals surface area contributed by atoms with Crippen LogP contribution in [0.1, 0.15) is 19.3 Å². The number of hydrogen-bond acceptors (Lipinski definition) is 3. The number of rotatable bonds is 3. The highest BCUT2D eigenvalue weighted by Gasteiger charge is 2.33. The monoisotopic (exact) mass is 317 g/mol. The van der Waals surface area contributed by atoms with Crippen LogP contribution < -0.4 is 5.32 Å². The van der Waals surface area contributed by atoms with Crippen molar-refractivity contribution in [1.29, 1.82) is 0 Å². The number of amides is 1. The van der Waals surface area contributed by atoms with Crippen molar-refractivity contribution in [3.63, 3.8) is 0 Å². The molecule has 5 nitrogen and oxygen atoms in total. The summed E-state index contributed by atoms with van der Waals surface area (Å²) in [6.45, 7) is 0. The number of carbonyl (C=O) groups excluding carboxylic acids is 1. The molecular formula is C13H13Cl2NO4. The fourth-order valence-electron chi connectivity index (χ4n) is 2.33. The fraction of sp³-hybridized carbons (Fsp3) is 0.385. The molecule has 0 saturated heterocycles. The summed E-state index contributed by atoms with van der Waals surface area (Å²) >= 11 is 11.5. The van der Waals surface area contributed by atoms with Gasteiger partial charge in [-0.1, -0.05) is 23.2 Å². The number of hydrogen-bond donors (Lipinski definition) is 3. The zero-order chi connectivity index (χ0) is 14.9. The first-order valence-corrected chi connectivity index (χ1v) is 6.85. The summed E-state index contributed by atoms with van der Waals surface area (Å²) < 4.78 is 0. The van der Waals surface area contributed by atoms with Crippen LogP contribution in [0.3, 0.4) is 0 Å². The van der Waals surface area contributed by atoms with E-state index in [1.165, 1.54) is 12.1 Å². The van der Waals surface area contributed by atoms with Gasteiger partial charge in [0.1, 0.15) is 0 Å². The molecule has 1 amide bonds. The zero-order valence-electron chi connectivity index (χ0n) is 10.4. The van der Waals surface area contributed by atoms with Gasteiger partial charge in [0.15, 0.2) is 5.75 Å². The molecule has 0 aliphatic heterocycles. The third-order valence-electron chi connectivity index (χ3n) is 3.44. The van der Waals surface area contributed by atoms with Crippen molar-refractivity contribution < 1.29 is 19.8 Å². The van der Waals surface area contributed by atoms with Gasteiger partial charge in [-0.05, 0) is 31.4 Å². The number of carboxylic acid groups (broad SMARTS) is 1. The molecule has 108 valence electrons. The Morgan fingerprint density at radius 3 is 2.20 bits per heavy atom. The number of carbonyl (C=O) groups is 2. The summed E-state index contributed by atoms with van der Waals surface area (Å²) in [6, 6.07) is 2.79. The van der Waals surface area contributed by atoms with Gasteiger partial charge in [-0.25, -0.2) is 0 Å². The average molecular weight is 318 g/mol. The van der Waals surface area contributed by atoms with Crippen molar-refractivity contribution in [2.75, 3.05) is 5.32 Å². The van der Waals surface area contributed by atoms with Crippen LogP contribution in [-0.4, -0.2) is 22.1 Å². The van der Waals surface area contributed by atoms with E-state index in [1.807, 2.05) is 0 Å². The average Bonchev–Trinajstić information content (AvgIpc) is 2.85. The van der Waals surface area contributed by atoms with E-state index in [2.05, 4.69) is 5.32 Å². The van der Waals surface area contributed by atoms with Crippen LogP contribution in [0.15, 0.2) is 12.1 Å². The van der Waals surface area contributed by atoms with Gasteiger partial charge in [0.05, 0.1) is 16.0 Å². The molecule has 20 heavy (non-hydrogen) atoms. The number of nitrogens with one attached hydrogen (secondary N) is 1. The Labute approximate surface area is 125 Å². The zero-order valence-corrected chi connectivity index (χ0v) is 11.9. The molecule has 0 aromatic heterocycles. The first kappa shape index (κ1) is 14.9. The van der Waals surface area contributed by atoms with E-state index < -0.39 is 11.9 Å². The summed E-state index contributed by atoms with van der Waals surface area (Å²) in [4.78, 5) is 22.9. The molecule has 1 aliphatic carbocycles. The summed E-state index contributed by atoms with van der Waals surface area (Å²) in [6.07, 6.45) is 1.38. The third-order valence-corrected chi connectivity index (χ3v) is 4.01. The largest absolute Gasteiger partial charge is 0.505 e. The van der Waals surface area contributed by atoms with Crippen LogP contribution in [0.5, 0.6) is 5.75 Å². The van der Waals surface area contributed by atoms with Crippen LogP contribution in [0.25, 0.3) is 0 Å². The molecule has 1 fully saturated rings. The van der Waals surface area contributed by atoms with E-state index in [4.69, 9.17) is 28.3 Å². The lowest BCUT2D eigenvalue weighted by molar-refractivity contribution is -0.141. The number of aliphatic carboxylic acids is 1. The molecule has 1 aromatic carbocycles. The van der Waals surface area contributed by atoms with Gasteiger partial charge in [-0.2, -0.15) is 0 Å². The SMILES string of the molecule is O=C(O)[C@H]1CC[C@@H](C(=O)Nc2cc(Cl)c(O)c(Cl)c2)C1. The topological polar surface area (TPSA) is 86.6 Å². The summed E-state index contributed by atoms with van der Waals surface area (Å²) in [5.74, 6) is -2.15. The van der Waals surface area contributed by atoms with E-state index >= 15 is 0 Å². The van der Waals surface area contributed by atoms with Crippen molar-refractivity contribution in [3.8, 4) is 5.75 Å². The van der Waals surface area contributed by atoms with E-state index in [9.17, 15) is 14.7 Å². The van der Waals surface area contributed by atoms with Crippen molar-refractivity contribution in [3.05, 3.63) is 22.2 Å². The van der Waals surface area contributed by atoms with Gasteiger partial charge in [-0.3, -0.25) is 9.59 Å². The fourth-order valence-corrected chi connectivity index (χ4v) is 2.81. The Kier molecular flexibility index (Phi) is 4.40. The predicted octanol–water partition coefficient (Wildman–Crippen LogP) is 3.14. The van der Waals surface area contributed by atoms with Crippen LogP contribution in [0.2, 0.25) is 10.0 Å². The number of halogens is 2. The van der Waals surface area contributed by atoms with E-state index in [0.29, 0.717) is 24.9 Å². The van der Waals surface area contributed by atoms with Crippen molar-refractivity contribution in [2.45, 2.75) is 19.3 Å². The Bertz CT molecular complexity index is 538. The molecule has 0 heterocycles. The van der Waals surface area contributed by atoms with Crippen LogP contribution in [-0.2, 0) is 9.59 Å². The standard InChI is InChI=1S/C13H13Cl2NO4/c14-9-4-8(5-10(15)11(9)17)16-12(18)6-1-2-7(3-6)13(19)20/h4-7,17H,1-3H2,(H,16,18)(H,19,20)/t6-,7+/m1/s1. The van der Waals surface area contributed by atoms with Crippen molar-refractivity contribution >= 4 is 40.8 Å². The minimum absolute atomic E-state index is 0.0441. The molecule has 0 spiro atoms. The molecule has 1 saturated carbocycles. The third kappa shape index (κ3) is 3.16. The van der Waals surface area contributed by atoms with Gasteiger partial charge in [0.25, 0.3) is 0 Å². The number of benzene rings is 1. The van der Waals surface area contributed by atoms with Crippen LogP contribution in [0.4, 0.5) is 5.69 Å². The van der Waals surface area contributed by atoms with E-state index in [1.54, 1.807) is 0 Å². The molecule has 2 rings (SSSR count). The lowest BCUT2D eigenvalue weighted by atomic mass is 10.0. The second kappa shape index (κ2) is 5.89. The normalized spacial score (nSPS) is 21.7. The maximum absolute atomic E-state index is 12.0. The second-order valence-electron chi connectivity index (χ2n) is 4.82. The number of anilines is 1. The van der Waals surface area contributed by atoms with Gasteiger partial charge in [0.2, 0.25) is 5.91 Å². The lowest BCUT2D eigenvalue weighted by Crippen LogP contribution is -2.21. The van der Waals surface area contributed by atoms with Crippen LogP contribution in [0, 0.1) is 11.8 Å². The Balaban J connectivity index is 2.04. The highest BCUT2D eigenvalue weighted by molar-refractivity contribution is 6.37. The minimum atomic E-state index is -0.865. The Morgan fingerprint density at radius 2 is 1.70 bits per heavy atom. The Morgan fingerprint density at radius 1 is 1.15 bits per heavy atom. The molecule has 0 radical (unpaired) electrons. The van der Waals surface area contributed by atoms with Gasteiger partial charge < -0.3 is 15.5 Å². The molecule has 1 aromatic rings. The Hall–Kier alpha value is -1.46. The summed E-state index contributed by atoms with van der Waals surface area (Å²) in [5, 5.41) is 21.1. The minimum Gasteiger partial charge on any atom is -0.505 e. The number of phenolic OH excluding ortho intramolecular Hbond substituents is 1. The molecule has 1 aliphatic rings. The molecule has 2 atom stereocenters. The molecule has 3 N–H and O–H groups in total. The van der Waals surface area contributed by atoms with E-state index in [0.717, 1.165) is 0 Å². The highest BCUT2D eigenvalue weighted by atomic mass is 35.5. The molecule has 0 bridgehead atoms. The molecule has 0 unspecified atom stereocenters. The van der Waals surface area contributed by atoms with Gasteiger partial charge >= 0.3 is 5.97 Å². The summed E-state index contributed by atoms with van der Waals surface area (Å²) in [5.41, 5.74) is 0.376. The maximum Gasteiger partial charge on any atom is 0.306 e. The first-order chi connectivity index (χ1) is 9.38. The molecule has 7 heteroatoms. The van der Waals surface area contributed by atoms with Crippen LogP contribution >= 0.6 is 23.2 Å². The second-order valence-corrected chi connectivity index (χ2v) is 5.64. The van der Waals surface area contributed by atoms with Crippen molar-refractivity contribution in [2.24, 2.45) is 11.8 Å². The number of phenols is 1. The summed E-state index contributed by atoms with van der Waals surface area (Å²) in [7, 11) is 0. The highest BCUT2D eigenvalue weighted by Crippen LogP contribution is 2.36. The van der Waals surface area contributed by atoms with Crippen molar-refractivity contribution in [1.82, 2.24) is 0 Å². The molecular weight excluding hydrogens is 305 g/mol. The first-order valence-electron chi connectivity index (χ1n) is 6.10. The lowest BCUT2D eigenvalue weighted by Gasteiger charge is -2.12. The quantitative estimate of drug-likeness (QED) is 0.747.